The number of rotatable bonds is 8. The van der Waals surface area contributed by atoms with Gasteiger partial charge in [0.05, 0.1) is 17.8 Å². The Bertz CT molecular complexity index is 1060. The molecule has 3 aromatic rings. The summed E-state index contributed by atoms with van der Waals surface area (Å²) >= 11 is 1.73. The SMILES string of the molecule is CCCc1ccc(C(=O)C(C)OC(=O)CCN2c3ccccc3Sc3ccccc32)cc1. The maximum absolute atomic E-state index is 12.7. The van der Waals surface area contributed by atoms with E-state index in [0.717, 1.165) is 34.0 Å². The molecule has 1 aliphatic heterocycles. The lowest BCUT2D eigenvalue weighted by molar-refractivity contribution is -0.146. The van der Waals surface area contributed by atoms with Gasteiger partial charge in [-0.2, -0.15) is 0 Å². The lowest BCUT2D eigenvalue weighted by atomic mass is 10.0. The van der Waals surface area contributed by atoms with Crippen molar-refractivity contribution in [2.24, 2.45) is 0 Å². The Kier molecular flexibility index (Phi) is 6.96. The summed E-state index contributed by atoms with van der Waals surface area (Å²) in [5.74, 6) is -0.548. The first-order chi connectivity index (χ1) is 15.6. The van der Waals surface area contributed by atoms with Gasteiger partial charge < -0.3 is 9.64 Å². The van der Waals surface area contributed by atoms with Gasteiger partial charge in [-0.15, -0.1) is 0 Å². The molecule has 1 aliphatic rings. The quantitative estimate of drug-likeness (QED) is 0.295. The number of nitrogens with zero attached hydrogens (tertiary/aromatic N) is 1. The van der Waals surface area contributed by atoms with Crippen LogP contribution in [0.25, 0.3) is 0 Å². The Balaban J connectivity index is 1.39. The normalized spacial score (nSPS) is 13.1. The minimum Gasteiger partial charge on any atom is -0.454 e. The zero-order valence-corrected chi connectivity index (χ0v) is 19.2. The Hall–Kier alpha value is -3.05. The van der Waals surface area contributed by atoms with Crippen LogP contribution in [-0.2, 0) is 16.0 Å². The third kappa shape index (κ3) is 4.89. The smallest absolute Gasteiger partial charge is 0.308 e. The Morgan fingerprint density at radius 1 is 0.906 bits per heavy atom. The zero-order valence-electron chi connectivity index (χ0n) is 18.4. The van der Waals surface area contributed by atoms with Crippen LogP contribution in [0, 0.1) is 0 Å². The lowest BCUT2D eigenvalue weighted by Gasteiger charge is -2.32. The monoisotopic (exact) mass is 445 g/mol. The highest BCUT2D eigenvalue weighted by Gasteiger charge is 2.25. The molecule has 1 heterocycles. The van der Waals surface area contributed by atoms with E-state index in [2.05, 4.69) is 36.1 Å². The fraction of sp³-hybridized carbons (Fsp3) is 0.259. The molecule has 0 radical (unpaired) electrons. The van der Waals surface area contributed by atoms with Crippen LogP contribution in [0.4, 0.5) is 11.4 Å². The highest BCUT2D eigenvalue weighted by Crippen LogP contribution is 2.47. The van der Waals surface area contributed by atoms with Gasteiger partial charge in [-0.05, 0) is 43.2 Å². The summed E-state index contributed by atoms with van der Waals surface area (Å²) < 4.78 is 5.49. The van der Waals surface area contributed by atoms with E-state index in [9.17, 15) is 9.59 Å². The number of benzene rings is 3. The van der Waals surface area contributed by atoms with E-state index in [0.29, 0.717) is 12.1 Å². The average molecular weight is 446 g/mol. The van der Waals surface area contributed by atoms with Crippen LogP contribution in [-0.4, -0.2) is 24.4 Å². The first kappa shape index (κ1) is 22.2. The number of anilines is 2. The molecule has 164 valence electrons. The number of ether oxygens (including phenoxy) is 1. The van der Waals surface area contributed by atoms with Crippen molar-refractivity contribution in [3.05, 3.63) is 83.9 Å². The maximum Gasteiger partial charge on any atom is 0.308 e. The third-order valence-corrected chi connectivity index (χ3v) is 6.66. The van der Waals surface area contributed by atoms with Crippen LogP contribution in [0.3, 0.4) is 0 Å². The second kappa shape index (κ2) is 10.0. The predicted octanol–water partition coefficient (Wildman–Crippen LogP) is 6.45. The summed E-state index contributed by atoms with van der Waals surface area (Å²) in [5.41, 5.74) is 3.94. The van der Waals surface area contributed by atoms with Gasteiger partial charge in [0.1, 0.15) is 0 Å². The Labute approximate surface area is 193 Å². The first-order valence-electron chi connectivity index (χ1n) is 11.0. The summed E-state index contributed by atoms with van der Waals surface area (Å²) in [7, 11) is 0. The van der Waals surface area contributed by atoms with Crippen LogP contribution >= 0.6 is 11.8 Å². The van der Waals surface area contributed by atoms with E-state index in [1.165, 1.54) is 5.56 Å². The summed E-state index contributed by atoms with van der Waals surface area (Å²) in [6, 6.07) is 23.9. The summed E-state index contributed by atoms with van der Waals surface area (Å²) in [4.78, 5) is 29.8. The fourth-order valence-corrected chi connectivity index (χ4v) is 4.99. The van der Waals surface area contributed by atoms with Crippen molar-refractivity contribution in [3.8, 4) is 0 Å². The van der Waals surface area contributed by atoms with Crippen molar-refractivity contribution in [2.75, 3.05) is 11.4 Å². The minimum atomic E-state index is -0.809. The molecule has 3 aromatic carbocycles. The molecule has 5 heteroatoms. The van der Waals surface area contributed by atoms with Gasteiger partial charge in [0, 0.05) is 21.9 Å². The van der Waals surface area contributed by atoms with Gasteiger partial charge in [-0.25, -0.2) is 0 Å². The number of esters is 1. The predicted molar refractivity (Wildman–Crippen MR) is 129 cm³/mol. The van der Waals surface area contributed by atoms with Gasteiger partial charge in [0.15, 0.2) is 6.10 Å². The second-order valence-electron chi connectivity index (χ2n) is 7.88. The zero-order chi connectivity index (χ0) is 22.5. The summed E-state index contributed by atoms with van der Waals surface area (Å²) in [6.07, 6.45) is 1.43. The number of hydrogen-bond acceptors (Lipinski definition) is 5. The minimum absolute atomic E-state index is 0.175. The van der Waals surface area contributed by atoms with Gasteiger partial charge in [-0.3, -0.25) is 9.59 Å². The molecule has 0 fully saturated rings. The van der Waals surface area contributed by atoms with Gasteiger partial charge in [0.2, 0.25) is 5.78 Å². The molecule has 0 spiro atoms. The Morgan fingerprint density at radius 3 is 2.09 bits per heavy atom. The molecule has 4 nitrogen and oxygen atoms in total. The number of para-hydroxylation sites is 2. The van der Waals surface area contributed by atoms with Gasteiger partial charge in [-0.1, -0.05) is 73.6 Å². The van der Waals surface area contributed by atoms with E-state index in [4.69, 9.17) is 4.74 Å². The molecular formula is C27H27NO3S. The third-order valence-electron chi connectivity index (χ3n) is 5.53. The molecule has 4 rings (SSSR count). The first-order valence-corrected chi connectivity index (χ1v) is 11.8. The lowest BCUT2D eigenvalue weighted by Crippen LogP contribution is -2.28. The number of ketones is 1. The fourth-order valence-electron chi connectivity index (χ4n) is 3.89. The molecule has 0 aromatic heterocycles. The molecular weight excluding hydrogens is 418 g/mol. The number of carbonyl (C=O) groups excluding carboxylic acids is 2. The number of carbonyl (C=O) groups is 2. The molecule has 0 N–H and O–H groups in total. The number of fused-ring (bicyclic) bond motifs is 2. The van der Waals surface area contributed by atoms with E-state index < -0.39 is 6.10 Å². The topological polar surface area (TPSA) is 46.6 Å². The van der Waals surface area contributed by atoms with Crippen molar-refractivity contribution in [1.29, 1.82) is 0 Å². The van der Waals surface area contributed by atoms with Crippen molar-refractivity contribution >= 4 is 34.9 Å². The van der Waals surface area contributed by atoms with E-state index in [-0.39, 0.29) is 18.2 Å². The van der Waals surface area contributed by atoms with E-state index in [1.807, 2.05) is 48.5 Å². The van der Waals surface area contributed by atoms with Crippen LogP contribution in [0.5, 0.6) is 0 Å². The van der Waals surface area contributed by atoms with Gasteiger partial charge >= 0.3 is 5.97 Å². The maximum atomic E-state index is 12.7. The van der Waals surface area contributed by atoms with Crippen molar-refractivity contribution in [2.45, 2.75) is 49.0 Å². The molecule has 0 bridgehead atoms. The van der Waals surface area contributed by atoms with Crippen LogP contribution in [0.15, 0.2) is 82.6 Å². The summed E-state index contributed by atoms with van der Waals surface area (Å²) in [6.45, 7) is 4.25. The molecule has 0 aliphatic carbocycles. The van der Waals surface area contributed by atoms with E-state index in [1.54, 1.807) is 18.7 Å². The standard InChI is InChI=1S/C27H27NO3S/c1-3-8-20-13-15-21(16-14-20)27(30)19(2)31-26(29)17-18-28-22-9-4-6-11-24(22)32-25-12-7-5-10-23(25)28/h4-7,9-16,19H,3,8,17-18H2,1-2H3. The number of aryl methyl sites for hydroxylation is 1. The average Bonchev–Trinajstić information content (AvgIpc) is 2.82. The largest absolute Gasteiger partial charge is 0.454 e. The summed E-state index contributed by atoms with van der Waals surface area (Å²) in [5, 5.41) is 0. The van der Waals surface area contributed by atoms with Crippen molar-refractivity contribution < 1.29 is 14.3 Å². The van der Waals surface area contributed by atoms with Crippen LogP contribution in [0.1, 0.15) is 42.6 Å². The molecule has 0 saturated heterocycles. The highest BCUT2D eigenvalue weighted by molar-refractivity contribution is 7.99. The molecule has 1 atom stereocenters. The van der Waals surface area contributed by atoms with Crippen LogP contribution in [0.2, 0.25) is 0 Å². The van der Waals surface area contributed by atoms with Crippen molar-refractivity contribution in [3.63, 3.8) is 0 Å². The molecule has 0 saturated carbocycles. The highest BCUT2D eigenvalue weighted by atomic mass is 32.2. The van der Waals surface area contributed by atoms with E-state index >= 15 is 0 Å². The van der Waals surface area contributed by atoms with Crippen LogP contribution < -0.4 is 4.90 Å². The number of hydrogen-bond donors (Lipinski definition) is 0. The van der Waals surface area contributed by atoms with Crippen molar-refractivity contribution in [1.82, 2.24) is 0 Å². The molecule has 1 unspecified atom stereocenters. The molecule has 0 amide bonds. The number of Topliss-reactive ketones (excluding diaryl/α,β-unsaturated/α-hetero) is 1. The van der Waals surface area contributed by atoms with Gasteiger partial charge in [0.25, 0.3) is 0 Å². The molecule has 32 heavy (non-hydrogen) atoms. The second-order valence-corrected chi connectivity index (χ2v) is 8.97. The Morgan fingerprint density at radius 2 is 1.50 bits per heavy atom.